The lowest BCUT2D eigenvalue weighted by Crippen LogP contribution is -2.42. The first-order chi connectivity index (χ1) is 9.32. The highest BCUT2D eigenvalue weighted by Gasteiger charge is 2.50. The molecule has 1 aliphatic carbocycles. The summed E-state index contributed by atoms with van der Waals surface area (Å²) < 4.78 is 6.13. The summed E-state index contributed by atoms with van der Waals surface area (Å²) in [6.07, 6.45) is 8.60. The van der Waals surface area contributed by atoms with Crippen LogP contribution in [0.3, 0.4) is 0 Å². The van der Waals surface area contributed by atoms with Gasteiger partial charge in [0, 0.05) is 18.6 Å². The molecule has 19 heavy (non-hydrogen) atoms. The van der Waals surface area contributed by atoms with Gasteiger partial charge >= 0.3 is 0 Å². The van der Waals surface area contributed by atoms with Crippen molar-refractivity contribution in [2.24, 2.45) is 11.3 Å². The van der Waals surface area contributed by atoms with Crippen molar-refractivity contribution in [3.63, 3.8) is 0 Å². The highest BCUT2D eigenvalue weighted by atomic mass is 32.2. The zero-order chi connectivity index (χ0) is 13.6. The van der Waals surface area contributed by atoms with Crippen molar-refractivity contribution in [1.29, 1.82) is 0 Å². The van der Waals surface area contributed by atoms with Crippen LogP contribution in [-0.2, 0) is 4.74 Å². The summed E-state index contributed by atoms with van der Waals surface area (Å²) in [6.45, 7) is 7.84. The predicted octanol–water partition coefficient (Wildman–Crippen LogP) is 3.70. The van der Waals surface area contributed by atoms with Gasteiger partial charge in [0.25, 0.3) is 0 Å². The van der Waals surface area contributed by atoms with Crippen LogP contribution in [-0.4, -0.2) is 37.3 Å². The van der Waals surface area contributed by atoms with Crippen LogP contribution in [0, 0.1) is 11.3 Å². The second kappa shape index (κ2) is 7.90. The van der Waals surface area contributed by atoms with Crippen molar-refractivity contribution in [3.05, 3.63) is 0 Å². The van der Waals surface area contributed by atoms with E-state index in [1.54, 1.807) is 0 Å². The van der Waals surface area contributed by atoms with Crippen LogP contribution in [0.1, 0.15) is 52.4 Å². The second-order valence-corrected chi connectivity index (χ2v) is 7.61. The summed E-state index contributed by atoms with van der Waals surface area (Å²) in [7, 11) is 0. The predicted molar refractivity (Wildman–Crippen MR) is 84.9 cm³/mol. The van der Waals surface area contributed by atoms with Crippen molar-refractivity contribution < 1.29 is 4.74 Å². The van der Waals surface area contributed by atoms with Crippen LogP contribution in [0.5, 0.6) is 0 Å². The Morgan fingerprint density at radius 3 is 2.84 bits per heavy atom. The normalized spacial score (nSPS) is 30.9. The van der Waals surface area contributed by atoms with Gasteiger partial charge in [-0.05, 0) is 62.5 Å². The quantitative estimate of drug-likeness (QED) is 0.618. The summed E-state index contributed by atoms with van der Waals surface area (Å²) in [5, 5.41) is 3.68. The van der Waals surface area contributed by atoms with Crippen LogP contribution in [0.2, 0.25) is 0 Å². The van der Waals surface area contributed by atoms with Gasteiger partial charge in [-0.3, -0.25) is 0 Å². The summed E-state index contributed by atoms with van der Waals surface area (Å²) in [6, 6.07) is 0. The van der Waals surface area contributed by atoms with E-state index in [4.69, 9.17) is 4.74 Å². The van der Waals surface area contributed by atoms with Crippen LogP contribution in [0.25, 0.3) is 0 Å². The topological polar surface area (TPSA) is 21.3 Å². The Labute approximate surface area is 123 Å². The molecule has 1 saturated heterocycles. The molecule has 112 valence electrons. The van der Waals surface area contributed by atoms with E-state index in [0.29, 0.717) is 11.5 Å². The molecule has 0 bridgehead atoms. The SMILES string of the molecule is CCCNCC1(CCCSCC)CCOC1C1CC1. The molecule has 3 heteroatoms. The van der Waals surface area contributed by atoms with Crippen LogP contribution in [0.4, 0.5) is 0 Å². The number of rotatable bonds is 10. The molecule has 1 aliphatic heterocycles. The largest absolute Gasteiger partial charge is 0.377 e. The molecule has 1 N–H and O–H groups in total. The Balaban J connectivity index is 1.87. The number of ether oxygens (including phenoxy) is 1. The molecule has 2 atom stereocenters. The molecule has 0 spiro atoms. The van der Waals surface area contributed by atoms with E-state index in [-0.39, 0.29) is 0 Å². The van der Waals surface area contributed by atoms with E-state index in [2.05, 4.69) is 30.9 Å². The minimum absolute atomic E-state index is 0.449. The standard InChI is InChI=1S/C16H31NOS/c1-3-10-17-13-16(8-5-12-19-4-2)9-11-18-15(16)14-6-7-14/h14-15,17H,3-13H2,1-2H3. The van der Waals surface area contributed by atoms with Gasteiger partial charge in [0.15, 0.2) is 0 Å². The summed E-state index contributed by atoms with van der Waals surface area (Å²) in [5.74, 6) is 3.46. The fourth-order valence-electron chi connectivity index (χ4n) is 3.47. The fourth-order valence-corrected chi connectivity index (χ4v) is 4.11. The maximum absolute atomic E-state index is 6.13. The zero-order valence-corrected chi connectivity index (χ0v) is 13.6. The molecule has 2 aliphatic rings. The van der Waals surface area contributed by atoms with E-state index in [1.165, 1.54) is 56.6 Å². The highest BCUT2D eigenvalue weighted by Crippen LogP contribution is 2.49. The van der Waals surface area contributed by atoms with Crippen molar-refractivity contribution in [1.82, 2.24) is 5.32 Å². The Morgan fingerprint density at radius 2 is 2.16 bits per heavy atom. The first kappa shape index (κ1) is 15.7. The molecule has 0 aromatic carbocycles. The molecule has 2 unspecified atom stereocenters. The third kappa shape index (κ3) is 4.37. The number of thioether (sulfide) groups is 1. The Kier molecular flexibility index (Phi) is 6.51. The van der Waals surface area contributed by atoms with Gasteiger partial charge in [-0.25, -0.2) is 0 Å². The van der Waals surface area contributed by atoms with E-state index >= 15 is 0 Å². The highest BCUT2D eigenvalue weighted by molar-refractivity contribution is 7.99. The molecule has 2 rings (SSSR count). The number of nitrogens with one attached hydrogen (secondary N) is 1. The smallest absolute Gasteiger partial charge is 0.0672 e. The average Bonchev–Trinajstić information content (AvgIpc) is 3.18. The fraction of sp³-hybridized carbons (Fsp3) is 1.00. The molecule has 2 nitrogen and oxygen atoms in total. The Bertz CT molecular complexity index is 257. The monoisotopic (exact) mass is 285 g/mol. The minimum Gasteiger partial charge on any atom is -0.377 e. The van der Waals surface area contributed by atoms with E-state index in [0.717, 1.165) is 19.1 Å². The van der Waals surface area contributed by atoms with Gasteiger partial charge in [0.1, 0.15) is 0 Å². The van der Waals surface area contributed by atoms with Crippen molar-refractivity contribution in [3.8, 4) is 0 Å². The third-order valence-electron chi connectivity index (χ3n) is 4.62. The lowest BCUT2D eigenvalue weighted by molar-refractivity contribution is 0.0264. The Morgan fingerprint density at radius 1 is 1.32 bits per heavy atom. The van der Waals surface area contributed by atoms with Gasteiger partial charge in [-0.1, -0.05) is 13.8 Å². The van der Waals surface area contributed by atoms with Crippen molar-refractivity contribution in [2.75, 3.05) is 31.2 Å². The van der Waals surface area contributed by atoms with Gasteiger partial charge in [0.05, 0.1) is 6.10 Å². The molecular formula is C16H31NOS. The van der Waals surface area contributed by atoms with Crippen LogP contribution < -0.4 is 5.32 Å². The minimum atomic E-state index is 0.449. The van der Waals surface area contributed by atoms with Gasteiger partial charge in [0.2, 0.25) is 0 Å². The molecule has 0 aromatic rings. The van der Waals surface area contributed by atoms with E-state index < -0.39 is 0 Å². The zero-order valence-electron chi connectivity index (χ0n) is 12.7. The van der Waals surface area contributed by atoms with Gasteiger partial charge in [-0.2, -0.15) is 11.8 Å². The molecular weight excluding hydrogens is 254 g/mol. The molecule has 1 saturated carbocycles. The lowest BCUT2D eigenvalue weighted by Gasteiger charge is -2.35. The molecule has 0 radical (unpaired) electrons. The molecule has 2 fully saturated rings. The van der Waals surface area contributed by atoms with E-state index in [9.17, 15) is 0 Å². The first-order valence-corrected chi connectivity index (χ1v) is 9.38. The van der Waals surface area contributed by atoms with E-state index in [1.807, 2.05) is 0 Å². The molecule has 0 amide bonds. The number of hydrogen-bond donors (Lipinski definition) is 1. The average molecular weight is 285 g/mol. The van der Waals surface area contributed by atoms with Crippen LogP contribution in [0.15, 0.2) is 0 Å². The van der Waals surface area contributed by atoms with Crippen molar-refractivity contribution >= 4 is 11.8 Å². The molecule has 1 heterocycles. The maximum Gasteiger partial charge on any atom is 0.0672 e. The molecule has 0 aromatic heterocycles. The maximum atomic E-state index is 6.13. The summed E-state index contributed by atoms with van der Waals surface area (Å²) >= 11 is 2.08. The number of hydrogen-bond acceptors (Lipinski definition) is 3. The third-order valence-corrected chi connectivity index (χ3v) is 5.61. The Hall–Kier alpha value is 0.270. The summed E-state index contributed by atoms with van der Waals surface area (Å²) in [5.41, 5.74) is 0.449. The van der Waals surface area contributed by atoms with Gasteiger partial charge < -0.3 is 10.1 Å². The lowest BCUT2D eigenvalue weighted by atomic mass is 9.75. The summed E-state index contributed by atoms with van der Waals surface area (Å²) in [4.78, 5) is 0. The van der Waals surface area contributed by atoms with Crippen LogP contribution >= 0.6 is 11.8 Å². The second-order valence-electron chi connectivity index (χ2n) is 6.22. The van der Waals surface area contributed by atoms with Gasteiger partial charge in [-0.15, -0.1) is 0 Å². The first-order valence-electron chi connectivity index (χ1n) is 8.22. The van der Waals surface area contributed by atoms with Crippen molar-refractivity contribution in [2.45, 2.75) is 58.5 Å².